The minimum absolute atomic E-state index is 0.000231. The Morgan fingerprint density at radius 2 is 2.09 bits per heavy atom. The van der Waals surface area contributed by atoms with Crippen LogP contribution in [0.15, 0.2) is 6.07 Å². The van der Waals surface area contributed by atoms with Crippen LogP contribution in [-0.2, 0) is 0 Å². The second-order valence-electron chi connectivity index (χ2n) is 5.97. The fourth-order valence-electron chi connectivity index (χ4n) is 3.34. The van der Waals surface area contributed by atoms with Crippen molar-refractivity contribution in [2.75, 3.05) is 42.5 Å². The molecule has 1 fully saturated rings. The van der Waals surface area contributed by atoms with Crippen LogP contribution in [0, 0.1) is 11.6 Å². The second kappa shape index (κ2) is 5.83. The van der Waals surface area contributed by atoms with E-state index in [4.69, 9.17) is 0 Å². The highest BCUT2D eigenvalue weighted by Gasteiger charge is 2.32. The summed E-state index contributed by atoms with van der Waals surface area (Å²) >= 11 is 0. The topological polar surface area (TPSA) is 35.6 Å². The van der Waals surface area contributed by atoms with E-state index in [1.165, 1.54) is 6.07 Å². The number of ketones is 1. The quantitative estimate of drug-likeness (QED) is 0.908. The van der Waals surface area contributed by atoms with Crippen molar-refractivity contribution in [1.82, 2.24) is 5.32 Å². The molecule has 0 aromatic heterocycles. The van der Waals surface area contributed by atoms with Gasteiger partial charge in [-0.1, -0.05) is 0 Å². The summed E-state index contributed by atoms with van der Waals surface area (Å²) in [5, 5.41) is 3.26. The fraction of sp³-hybridized carbons (Fsp3) is 0.562. The molecule has 0 aliphatic carbocycles. The van der Waals surface area contributed by atoms with E-state index in [2.05, 4.69) is 5.32 Å². The van der Waals surface area contributed by atoms with E-state index in [-0.39, 0.29) is 28.8 Å². The lowest BCUT2D eigenvalue weighted by atomic mass is 9.98. The maximum absolute atomic E-state index is 15.0. The van der Waals surface area contributed by atoms with Crippen molar-refractivity contribution in [1.29, 1.82) is 0 Å². The van der Waals surface area contributed by atoms with E-state index < -0.39 is 11.6 Å². The lowest BCUT2D eigenvalue weighted by molar-refractivity contribution is 0.0979. The Hall–Kier alpha value is -1.69. The predicted octanol–water partition coefficient (Wildman–Crippen LogP) is 2.18. The summed E-state index contributed by atoms with van der Waals surface area (Å²) in [6, 6.07) is 1.39. The maximum atomic E-state index is 15.0. The van der Waals surface area contributed by atoms with Crippen LogP contribution >= 0.6 is 0 Å². The van der Waals surface area contributed by atoms with Crippen LogP contribution in [0.1, 0.15) is 30.6 Å². The molecule has 0 radical (unpaired) electrons. The van der Waals surface area contributed by atoms with Crippen LogP contribution in [0.25, 0.3) is 0 Å². The summed E-state index contributed by atoms with van der Waals surface area (Å²) in [5.74, 6) is -1.42. The first-order valence-electron chi connectivity index (χ1n) is 7.81. The first-order valence-corrected chi connectivity index (χ1v) is 7.81. The molecular formula is C16H21F2N3O. The van der Waals surface area contributed by atoms with Gasteiger partial charge in [0.25, 0.3) is 0 Å². The molecule has 1 aromatic carbocycles. The van der Waals surface area contributed by atoms with E-state index >= 15 is 4.39 Å². The first kappa shape index (κ1) is 15.2. The minimum atomic E-state index is -0.642. The van der Waals surface area contributed by atoms with Gasteiger partial charge in [-0.05, 0) is 19.9 Å². The van der Waals surface area contributed by atoms with Crippen LogP contribution in [-0.4, -0.2) is 44.5 Å². The minimum Gasteiger partial charge on any atom is -0.368 e. The van der Waals surface area contributed by atoms with E-state index in [0.717, 1.165) is 0 Å². The Kier molecular flexibility index (Phi) is 4.04. The van der Waals surface area contributed by atoms with Gasteiger partial charge in [-0.25, -0.2) is 8.78 Å². The predicted molar refractivity (Wildman–Crippen MR) is 82.9 cm³/mol. The van der Waals surface area contributed by atoms with E-state index in [1.807, 2.05) is 18.7 Å². The largest absolute Gasteiger partial charge is 0.368 e. The molecule has 2 heterocycles. The van der Waals surface area contributed by atoms with Crippen LogP contribution in [0.4, 0.5) is 20.2 Å². The standard InChI is InChI=1S/C16H21F2N3O/c1-3-20-6-4-13(22)11-8-12(17)16(14(18)15(11)20)21-7-5-19-10(2)9-21/h8,10,19H,3-7,9H2,1-2H3. The molecule has 1 saturated heterocycles. The number of piperazine rings is 1. The molecule has 1 atom stereocenters. The zero-order chi connectivity index (χ0) is 15.9. The number of nitrogens with zero attached hydrogens (tertiary/aromatic N) is 2. The van der Waals surface area contributed by atoms with Crippen LogP contribution < -0.4 is 15.1 Å². The number of carbonyl (C=O) groups is 1. The SMILES string of the molecule is CCN1CCC(=O)c2cc(F)c(N3CCNC(C)C3)c(F)c21. The zero-order valence-corrected chi connectivity index (χ0v) is 13.0. The van der Waals surface area contributed by atoms with Gasteiger partial charge in [-0.2, -0.15) is 0 Å². The Bertz CT molecular complexity index is 606. The normalized spacial score (nSPS) is 22.0. The molecule has 2 aliphatic heterocycles. The highest BCUT2D eigenvalue weighted by molar-refractivity contribution is 6.04. The Labute approximate surface area is 129 Å². The van der Waals surface area contributed by atoms with Gasteiger partial charge in [-0.3, -0.25) is 4.79 Å². The van der Waals surface area contributed by atoms with Gasteiger partial charge in [0.15, 0.2) is 11.6 Å². The molecule has 1 N–H and O–H groups in total. The van der Waals surface area contributed by atoms with Crippen LogP contribution in [0.3, 0.4) is 0 Å². The summed E-state index contributed by atoms with van der Waals surface area (Å²) in [6.45, 7) is 6.77. The van der Waals surface area contributed by atoms with Crippen molar-refractivity contribution in [3.8, 4) is 0 Å². The van der Waals surface area contributed by atoms with Crippen molar-refractivity contribution < 1.29 is 13.6 Å². The Balaban J connectivity index is 2.10. The van der Waals surface area contributed by atoms with Gasteiger partial charge >= 0.3 is 0 Å². The van der Waals surface area contributed by atoms with Gasteiger partial charge in [0.1, 0.15) is 11.5 Å². The van der Waals surface area contributed by atoms with Gasteiger partial charge in [-0.15, -0.1) is 0 Å². The number of carbonyl (C=O) groups excluding carboxylic acids is 1. The number of nitrogens with one attached hydrogen (secondary N) is 1. The van der Waals surface area contributed by atoms with Crippen molar-refractivity contribution in [2.45, 2.75) is 26.3 Å². The van der Waals surface area contributed by atoms with Crippen LogP contribution in [0.5, 0.6) is 0 Å². The average molecular weight is 309 g/mol. The van der Waals surface area contributed by atoms with Crippen molar-refractivity contribution in [3.05, 3.63) is 23.3 Å². The fourth-order valence-corrected chi connectivity index (χ4v) is 3.34. The molecule has 0 amide bonds. The Morgan fingerprint density at radius 3 is 2.77 bits per heavy atom. The number of hydrogen-bond donors (Lipinski definition) is 1. The van der Waals surface area contributed by atoms with Gasteiger partial charge in [0.2, 0.25) is 0 Å². The van der Waals surface area contributed by atoms with Gasteiger partial charge in [0, 0.05) is 50.7 Å². The van der Waals surface area contributed by atoms with E-state index in [0.29, 0.717) is 39.1 Å². The highest BCUT2D eigenvalue weighted by Crippen LogP contribution is 2.37. The lowest BCUT2D eigenvalue weighted by Crippen LogP contribution is -2.50. The smallest absolute Gasteiger partial charge is 0.173 e. The third kappa shape index (κ3) is 2.45. The summed E-state index contributed by atoms with van der Waals surface area (Å²) in [7, 11) is 0. The Morgan fingerprint density at radius 1 is 1.32 bits per heavy atom. The third-order valence-electron chi connectivity index (χ3n) is 4.46. The summed E-state index contributed by atoms with van der Waals surface area (Å²) in [4.78, 5) is 15.6. The van der Waals surface area contributed by atoms with Crippen molar-refractivity contribution >= 4 is 17.2 Å². The van der Waals surface area contributed by atoms with Gasteiger partial charge < -0.3 is 15.1 Å². The van der Waals surface area contributed by atoms with E-state index in [9.17, 15) is 9.18 Å². The number of fused-ring (bicyclic) bond motifs is 1. The average Bonchev–Trinajstić information content (AvgIpc) is 2.48. The first-order chi connectivity index (χ1) is 10.5. The molecule has 1 unspecified atom stereocenters. The zero-order valence-electron chi connectivity index (χ0n) is 13.0. The molecule has 0 spiro atoms. The monoisotopic (exact) mass is 309 g/mol. The number of rotatable bonds is 2. The molecule has 0 saturated carbocycles. The second-order valence-corrected chi connectivity index (χ2v) is 5.97. The molecule has 1 aromatic rings. The summed E-state index contributed by atoms with van der Waals surface area (Å²) < 4.78 is 29.5. The number of anilines is 2. The molecule has 2 aliphatic rings. The maximum Gasteiger partial charge on any atom is 0.173 e. The molecule has 22 heavy (non-hydrogen) atoms. The number of benzene rings is 1. The van der Waals surface area contributed by atoms with Crippen LogP contribution in [0.2, 0.25) is 0 Å². The molecular weight excluding hydrogens is 288 g/mol. The van der Waals surface area contributed by atoms with Gasteiger partial charge in [0.05, 0.1) is 5.69 Å². The molecule has 0 bridgehead atoms. The molecule has 3 rings (SSSR count). The van der Waals surface area contributed by atoms with Crippen molar-refractivity contribution in [3.63, 3.8) is 0 Å². The van der Waals surface area contributed by atoms with E-state index in [1.54, 1.807) is 4.90 Å². The number of hydrogen-bond acceptors (Lipinski definition) is 4. The summed E-state index contributed by atoms with van der Waals surface area (Å²) in [6.07, 6.45) is 0.309. The third-order valence-corrected chi connectivity index (χ3v) is 4.46. The number of Topliss-reactive ketones (excluding diaryl/α,β-unsaturated/α-hetero) is 1. The number of halogens is 2. The molecule has 6 heteroatoms. The summed E-state index contributed by atoms with van der Waals surface area (Å²) in [5.41, 5.74) is 0.441. The van der Waals surface area contributed by atoms with Crippen molar-refractivity contribution in [2.24, 2.45) is 0 Å². The molecule has 4 nitrogen and oxygen atoms in total. The molecule has 120 valence electrons. The lowest BCUT2D eigenvalue weighted by Gasteiger charge is -2.36. The highest BCUT2D eigenvalue weighted by atomic mass is 19.1.